The molecular formula is C13H24N4O2S. The minimum absolute atomic E-state index is 0.259. The van der Waals surface area contributed by atoms with E-state index in [9.17, 15) is 8.42 Å². The van der Waals surface area contributed by atoms with Crippen LogP contribution >= 0.6 is 0 Å². The quantitative estimate of drug-likeness (QED) is 0.740. The summed E-state index contributed by atoms with van der Waals surface area (Å²) in [4.78, 5) is 0.259. The first-order chi connectivity index (χ1) is 9.45. The Morgan fingerprint density at radius 3 is 2.75 bits per heavy atom. The molecule has 0 amide bonds. The Kier molecular flexibility index (Phi) is 4.82. The molecule has 0 bridgehead atoms. The van der Waals surface area contributed by atoms with Crippen LogP contribution in [0.1, 0.15) is 39.0 Å². The summed E-state index contributed by atoms with van der Waals surface area (Å²) in [7, 11) is -1.57. The molecule has 2 N–H and O–H groups in total. The summed E-state index contributed by atoms with van der Waals surface area (Å²) in [5, 5.41) is 7.18. The fourth-order valence-electron chi connectivity index (χ4n) is 2.66. The van der Waals surface area contributed by atoms with E-state index in [2.05, 4.69) is 15.1 Å². The van der Waals surface area contributed by atoms with Crippen molar-refractivity contribution in [3.8, 4) is 0 Å². The molecule has 0 aliphatic heterocycles. The van der Waals surface area contributed by atoms with Gasteiger partial charge >= 0.3 is 0 Å². The van der Waals surface area contributed by atoms with Gasteiger partial charge < -0.3 is 5.32 Å². The maximum absolute atomic E-state index is 12.4. The van der Waals surface area contributed by atoms with Crippen LogP contribution < -0.4 is 10.0 Å². The zero-order valence-corrected chi connectivity index (χ0v) is 13.0. The number of sulfonamides is 1. The van der Waals surface area contributed by atoms with Crippen LogP contribution in [0.25, 0.3) is 0 Å². The molecule has 0 spiro atoms. The van der Waals surface area contributed by atoms with Crippen LogP contribution in [-0.4, -0.2) is 37.3 Å². The van der Waals surface area contributed by atoms with Crippen molar-refractivity contribution in [1.29, 1.82) is 0 Å². The van der Waals surface area contributed by atoms with Crippen molar-refractivity contribution in [3.63, 3.8) is 0 Å². The fraction of sp³-hybridized carbons (Fsp3) is 0.769. The van der Waals surface area contributed by atoms with Crippen molar-refractivity contribution in [2.45, 2.75) is 56.0 Å². The lowest BCUT2D eigenvalue weighted by atomic mass is 10.0. The summed E-state index contributed by atoms with van der Waals surface area (Å²) in [5.41, 5.74) is -0.299. The van der Waals surface area contributed by atoms with Gasteiger partial charge in [0.05, 0.1) is 6.20 Å². The first-order valence-corrected chi connectivity index (χ1v) is 8.65. The molecule has 1 aliphatic rings. The van der Waals surface area contributed by atoms with Crippen LogP contribution in [0, 0.1) is 0 Å². The minimum Gasteiger partial charge on any atom is -0.320 e. The van der Waals surface area contributed by atoms with Crippen LogP contribution in [0.2, 0.25) is 0 Å². The lowest BCUT2D eigenvalue weighted by molar-refractivity contribution is 0.427. The summed E-state index contributed by atoms with van der Waals surface area (Å²) in [6.07, 6.45) is 7.94. The maximum atomic E-state index is 12.4. The van der Waals surface area contributed by atoms with E-state index >= 15 is 0 Å². The molecule has 0 unspecified atom stereocenters. The van der Waals surface area contributed by atoms with Gasteiger partial charge in [0.1, 0.15) is 4.90 Å². The molecule has 1 fully saturated rings. The van der Waals surface area contributed by atoms with Gasteiger partial charge in [-0.3, -0.25) is 4.68 Å². The van der Waals surface area contributed by atoms with Gasteiger partial charge in [-0.1, -0.05) is 12.8 Å². The average molecular weight is 300 g/mol. The van der Waals surface area contributed by atoms with E-state index in [0.29, 0.717) is 6.54 Å². The highest BCUT2D eigenvalue weighted by molar-refractivity contribution is 7.89. The third-order valence-corrected chi connectivity index (χ3v) is 5.41. The van der Waals surface area contributed by atoms with Crippen LogP contribution in [0.15, 0.2) is 17.3 Å². The molecule has 0 radical (unpaired) electrons. The van der Waals surface area contributed by atoms with Gasteiger partial charge in [0.25, 0.3) is 0 Å². The molecule has 0 atom stereocenters. The van der Waals surface area contributed by atoms with E-state index in [1.165, 1.54) is 6.20 Å². The zero-order chi connectivity index (χ0) is 14.6. The summed E-state index contributed by atoms with van der Waals surface area (Å²) in [5.74, 6) is 0. The second-order valence-corrected chi connectivity index (χ2v) is 7.45. The van der Waals surface area contributed by atoms with Crippen molar-refractivity contribution >= 4 is 10.0 Å². The zero-order valence-electron chi connectivity index (χ0n) is 12.2. The lowest BCUT2D eigenvalue weighted by Gasteiger charge is -2.24. The second kappa shape index (κ2) is 6.24. The number of aryl methyl sites for hydroxylation is 1. The van der Waals surface area contributed by atoms with Gasteiger partial charge in [0, 0.05) is 18.3 Å². The van der Waals surface area contributed by atoms with Gasteiger partial charge in [-0.2, -0.15) is 5.10 Å². The Bertz CT molecular complexity index is 532. The first-order valence-electron chi connectivity index (χ1n) is 7.16. The molecule has 7 heteroatoms. The summed E-state index contributed by atoms with van der Waals surface area (Å²) in [6, 6.07) is 0. The first kappa shape index (κ1) is 15.5. The van der Waals surface area contributed by atoms with Crippen molar-refractivity contribution < 1.29 is 8.42 Å². The highest BCUT2D eigenvalue weighted by Crippen LogP contribution is 2.30. The normalized spacial score (nSPS) is 18.5. The standard InChI is InChI=1S/C13H24N4O2S/c1-13(6-3-4-7-13)16-20(18,19)12-10-15-17(11-12)9-5-8-14-2/h10-11,14,16H,3-9H2,1-2H3. The lowest BCUT2D eigenvalue weighted by Crippen LogP contribution is -2.43. The smallest absolute Gasteiger partial charge is 0.244 e. The van der Waals surface area contributed by atoms with Gasteiger partial charge in [0.15, 0.2) is 0 Å². The van der Waals surface area contributed by atoms with Crippen LogP contribution in [-0.2, 0) is 16.6 Å². The largest absolute Gasteiger partial charge is 0.320 e. The molecule has 1 saturated carbocycles. The number of nitrogens with zero attached hydrogens (tertiary/aromatic N) is 2. The van der Waals surface area contributed by atoms with Crippen molar-refractivity contribution in [2.24, 2.45) is 0 Å². The van der Waals surface area contributed by atoms with Crippen LogP contribution in [0.4, 0.5) is 0 Å². The van der Waals surface area contributed by atoms with E-state index in [4.69, 9.17) is 0 Å². The summed E-state index contributed by atoms with van der Waals surface area (Å²) < 4.78 is 29.2. The van der Waals surface area contributed by atoms with Crippen molar-refractivity contribution in [1.82, 2.24) is 19.8 Å². The monoisotopic (exact) mass is 300 g/mol. The van der Waals surface area contributed by atoms with Gasteiger partial charge in [0.2, 0.25) is 10.0 Å². The number of rotatable bonds is 7. The average Bonchev–Trinajstić information content (AvgIpc) is 2.98. The topological polar surface area (TPSA) is 76.0 Å². The fourth-order valence-corrected chi connectivity index (χ4v) is 4.08. The highest BCUT2D eigenvalue weighted by Gasteiger charge is 2.33. The molecule has 20 heavy (non-hydrogen) atoms. The van der Waals surface area contributed by atoms with Crippen LogP contribution in [0.3, 0.4) is 0 Å². The molecular weight excluding hydrogens is 276 g/mol. The third kappa shape index (κ3) is 3.80. The Labute approximate surface area is 121 Å². The van der Waals surface area contributed by atoms with Gasteiger partial charge in [-0.25, -0.2) is 13.1 Å². The predicted molar refractivity (Wildman–Crippen MR) is 78.0 cm³/mol. The SMILES string of the molecule is CNCCCn1cc(S(=O)(=O)NC2(C)CCCC2)cn1. The number of nitrogens with one attached hydrogen (secondary N) is 2. The minimum atomic E-state index is -3.46. The second-order valence-electron chi connectivity index (χ2n) is 5.77. The maximum Gasteiger partial charge on any atom is 0.244 e. The predicted octanol–water partition coefficient (Wildman–Crippen LogP) is 1.10. The summed E-state index contributed by atoms with van der Waals surface area (Å²) in [6.45, 7) is 3.58. The Morgan fingerprint density at radius 1 is 1.40 bits per heavy atom. The van der Waals surface area contributed by atoms with E-state index < -0.39 is 10.0 Å². The Morgan fingerprint density at radius 2 is 2.10 bits per heavy atom. The van der Waals surface area contributed by atoms with E-state index in [0.717, 1.165) is 38.6 Å². The van der Waals surface area contributed by atoms with E-state index in [1.807, 2.05) is 14.0 Å². The third-order valence-electron chi connectivity index (χ3n) is 3.82. The van der Waals surface area contributed by atoms with Gasteiger partial charge in [-0.05, 0) is 39.8 Å². The summed E-state index contributed by atoms with van der Waals surface area (Å²) >= 11 is 0. The Balaban J connectivity index is 2.02. The number of aromatic nitrogens is 2. The molecule has 0 saturated heterocycles. The molecule has 1 heterocycles. The Hall–Kier alpha value is -0.920. The van der Waals surface area contributed by atoms with Crippen molar-refractivity contribution in [2.75, 3.05) is 13.6 Å². The molecule has 1 aliphatic carbocycles. The highest BCUT2D eigenvalue weighted by atomic mass is 32.2. The number of hydrogen-bond donors (Lipinski definition) is 2. The molecule has 1 aromatic heterocycles. The van der Waals surface area contributed by atoms with E-state index in [-0.39, 0.29) is 10.4 Å². The molecule has 6 nitrogen and oxygen atoms in total. The molecule has 114 valence electrons. The molecule has 2 rings (SSSR count). The van der Waals surface area contributed by atoms with Crippen LogP contribution in [0.5, 0.6) is 0 Å². The number of hydrogen-bond acceptors (Lipinski definition) is 4. The van der Waals surface area contributed by atoms with Crippen molar-refractivity contribution in [3.05, 3.63) is 12.4 Å². The van der Waals surface area contributed by atoms with Gasteiger partial charge in [-0.15, -0.1) is 0 Å². The molecule has 0 aromatic carbocycles. The van der Waals surface area contributed by atoms with E-state index in [1.54, 1.807) is 10.9 Å². The molecule has 1 aromatic rings.